The van der Waals surface area contributed by atoms with Crippen LogP contribution in [0.2, 0.25) is 0 Å². The minimum Gasteiger partial charge on any atom is -0.481 e. The lowest BCUT2D eigenvalue weighted by Crippen LogP contribution is -2.60. The molecule has 1 aromatic carbocycles. The monoisotopic (exact) mass is 645 g/mol. The lowest BCUT2D eigenvalue weighted by molar-refractivity contribution is -0.144. The van der Waals surface area contributed by atoms with Gasteiger partial charge in [0, 0.05) is 23.5 Å². The van der Waals surface area contributed by atoms with E-state index < -0.39 is 90.4 Å². The zero-order valence-electron chi connectivity index (χ0n) is 26.2. The van der Waals surface area contributed by atoms with Crippen LogP contribution < -0.4 is 32.7 Å². The van der Waals surface area contributed by atoms with E-state index >= 15 is 0 Å². The average molecular weight is 646 g/mol. The molecule has 0 spiro atoms. The number of aromatic nitrogens is 1. The first-order chi connectivity index (χ1) is 21.5. The summed E-state index contributed by atoms with van der Waals surface area (Å²) in [5.41, 5.74) is 12.6. The van der Waals surface area contributed by atoms with E-state index in [2.05, 4.69) is 26.3 Å². The summed E-state index contributed by atoms with van der Waals surface area (Å²) >= 11 is 0. The number of H-pyrrole nitrogens is 1. The van der Waals surface area contributed by atoms with Gasteiger partial charge < -0.3 is 47.9 Å². The molecule has 2 aromatic rings. The topological polar surface area (TPSA) is 276 Å². The van der Waals surface area contributed by atoms with Gasteiger partial charge in [0.05, 0.1) is 18.9 Å². The number of fused-ring (bicyclic) bond motifs is 1. The van der Waals surface area contributed by atoms with Crippen LogP contribution in [0.3, 0.4) is 0 Å². The summed E-state index contributed by atoms with van der Waals surface area (Å²) < 4.78 is 0. The summed E-state index contributed by atoms with van der Waals surface area (Å²) in [7, 11) is 0. The lowest BCUT2D eigenvalue weighted by atomic mass is 9.98. The second-order valence-corrected chi connectivity index (χ2v) is 11.5. The minimum absolute atomic E-state index is 0.0628. The molecule has 0 fully saturated rings. The Labute approximate surface area is 265 Å². The molecule has 16 heteroatoms. The summed E-state index contributed by atoms with van der Waals surface area (Å²) in [6.07, 6.45) is 0.288. The molecule has 0 aliphatic carbocycles. The van der Waals surface area contributed by atoms with E-state index in [1.165, 1.54) is 0 Å². The van der Waals surface area contributed by atoms with Crippen molar-refractivity contribution in [1.82, 2.24) is 26.3 Å². The Morgan fingerprint density at radius 1 is 0.804 bits per heavy atom. The number of rotatable bonds is 18. The van der Waals surface area contributed by atoms with E-state index in [-0.39, 0.29) is 12.3 Å². The van der Waals surface area contributed by atoms with Crippen LogP contribution in [0.25, 0.3) is 10.9 Å². The quantitative estimate of drug-likeness (QED) is 0.0964. The van der Waals surface area contributed by atoms with Crippen LogP contribution in [0.4, 0.5) is 0 Å². The van der Waals surface area contributed by atoms with Gasteiger partial charge in [-0.3, -0.25) is 28.8 Å². The maximum Gasteiger partial charge on any atom is 0.326 e. The van der Waals surface area contributed by atoms with Crippen LogP contribution in [-0.2, 0) is 40.0 Å². The number of hydrogen-bond acceptors (Lipinski definition) is 8. The number of hydrogen-bond donors (Lipinski definition) is 9. The number of benzene rings is 1. The van der Waals surface area contributed by atoms with Crippen molar-refractivity contribution >= 4 is 52.4 Å². The number of carbonyl (C=O) groups excluding carboxylic acids is 5. The second-order valence-electron chi connectivity index (χ2n) is 11.5. The van der Waals surface area contributed by atoms with E-state index in [9.17, 15) is 43.8 Å². The zero-order chi connectivity index (χ0) is 34.7. The number of carbonyl (C=O) groups is 7. The number of primary amides is 1. The molecule has 0 saturated heterocycles. The van der Waals surface area contributed by atoms with Crippen LogP contribution in [0.5, 0.6) is 0 Å². The summed E-state index contributed by atoms with van der Waals surface area (Å²) in [6, 6.07) is 0.109. The molecule has 0 saturated carbocycles. The fourth-order valence-electron chi connectivity index (χ4n) is 4.58. The van der Waals surface area contributed by atoms with Crippen molar-refractivity contribution in [3.8, 4) is 0 Å². The standard InChI is InChI=1S/C30H43N7O9/c1-5-15(4)25(30(45)46)37-28(43)20(11-22(31)38)34-27(42)21(12-23(39)40)35-26(41)19(36-29(44)24(32)14(2)3)10-16-13-33-18-9-7-6-8-17(16)18/h6-9,13-15,19-21,24-25,33H,5,10-12,32H2,1-4H3,(H2,31,38)(H,34,42)(H,35,41)(H,36,44)(H,37,43)(H,39,40)(H,45,46)/t15-,19-,20-,21-,24-,25-/m0/s1. The molecule has 0 unspecified atom stereocenters. The molecule has 1 aromatic heterocycles. The Kier molecular flexibility index (Phi) is 13.7. The fourth-order valence-corrected chi connectivity index (χ4v) is 4.58. The molecule has 6 atom stereocenters. The van der Waals surface area contributed by atoms with Gasteiger partial charge in [0.25, 0.3) is 0 Å². The lowest BCUT2D eigenvalue weighted by Gasteiger charge is -2.26. The highest BCUT2D eigenvalue weighted by Crippen LogP contribution is 2.19. The molecule has 1 heterocycles. The first kappa shape index (κ1) is 37.2. The molecule has 2 rings (SSSR count). The van der Waals surface area contributed by atoms with Crippen molar-refractivity contribution in [1.29, 1.82) is 0 Å². The Morgan fingerprint density at radius 2 is 1.35 bits per heavy atom. The van der Waals surface area contributed by atoms with Crippen LogP contribution >= 0.6 is 0 Å². The molecule has 0 aliphatic heterocycles. The van der Waals surface area contributed by atoms with Crippen LogP contribution in [-0.4, -0.2) is 86.9 Å². The minimum atomic E-state index is -1.78. The predicted molar refractivity (Wildman–Crippen MR) is 166 cm³/mol. The van der Waals surface area contributed by atoms with Gasteiger partial charge in [-0.15, -0.1) is 0 Å². The van der Waals surface area contributed by atoms with Gasteiger partial charge in [-0.2, -0.15) is 0 Å². The SMILES string of the molecule is CC[C@H](C)[C@H](NC(=O)[C@H](CC(N)=O)NC(=O)[C@H](CC(=O)O)NC(=O)[C@H](Cc1c[nH]c2ccccc12)NC(=O)[C@@H](N)C(C)C)C(=O)O. The summed E-state index contributed by atoms with van der Waals surface area (Å²) in [4.78, 5) is 91.0. The van der Waals surface area contributed by atoms with E-state index in [4.69, 9.17) is 11.5 Å². The Balaban J connectivity index is 2.35. The number of carboxylic acids is 2. The molecule has 46 heavy (non-hydrogen) atoms. The van der Waals surface area contributed by atoms with Crippen molar-refractivity contribution in [3.63, 3.8) is 0 Å². The van der Waals surface area contributed by atoms with Gasteiger partial charge in [-0.25, -0.2) is 4.79 Å². The highest BCUT2D eigenvalue weighted by atomic mass is 16.4. The van der Waals surface area contributed by atoms with Crippen molar-refractivity contribution in [2.45, 2.75) is 83.6 Å². The van der Waals surface area contributed by atoms with Gasteiger partial charge in [0.2, 0.25) is 29.5 Å². The van der Waals surface area contributed by atoms with Gasteiger partial charge in [-0.1, -0.05) is 52.3 Å². The molecule has 11 N–H and O–H groups in total. The number of para-hydroxylation sites is 1. The third-order valence-corrected chi connectivity index (χ3v) is 7.58. The normalized spacial score (nSPS) is 15.1. The second kappa shape index (κ2) is 16.9. The van der Waals surface area contributed by atoms with Crippen molar-refractivity contribution in [3.05, 3.63) is 36.0 Å². The van der Waals surface area contributed by atoms with E-state index in [1.807, 2.05) is 12.1 Å². The maximum atomic E-state index is 13.6. The molecule has 0 aliphatic rings. The first-order valence-electron chi connectivity index (χ1n) is 14.8. The van der Waals surface area contributed by atoms with Crippen LogP contribution in [0.15, 0.2) is 30.5 Å². The average Bonchev–Trinajstić information content (AvgIpc) is 3.39. The largest absolute Gasteiger partial charge is 0.481 e. The highest BCUT2D eigenvalue weighted by molar-refractivity contribution is 5.98. The first-order valence-corrected chi connectivity index (χ1v) is 14.8. The smallest absolute Gasteiger partial charge is 0.326 e. The predicted octanol–water partition coefficient (Wildman–Crippen LogP) is -0.886. The molecular formula is C30H43N7O9. The van der Waals surface area contributed by atoms with E-state index in [0.717, 1.165) is 10.9 Å². The maximum absolute atomic E-state index is 13.6. The van der Waals surface area contributed by atoms with Crippen molar-refractivity contribution in [2.24, 2.45) is 23.3 Å². The summed E-state index contributed by atoms with van der Waals surface area (Å²) in [5, 5.41) is 29.2. The Hall–Kier alpha value is -4.99. The number of nitrogens with two attached hydrogens (primary N) is 2. The molecular weight excluding hydrogens is 602 g/mol. The number of carboxylic acid groups (broad SMARTS) is 2. The molecule has 0 radical (unpaired) electrons. The number of aromatic amines is 1. The van der Waals surface area contributed by atoms with Gasteiger partial charge in [0.1, 0.15) is 24.2 Å². The van der Waals surface area contributed by atoms with Crippen LogP contribution in [0, 0.1) is 11.8 Å². The van der Waals surface area contributed by atoms with E-state index in [0.29, 0.717) is 12.0 Å². The Morgan fingerprint density at radius 3 is 1.89 bits per heavy atom. The third kappa shape index (κ3) is 10.6. The number of amides is 5. The Bertz CT molecular complexity index is 1440. The van der Waals surface area contributed by atoms with Gasteiger partial charge in [0.15, 0.2) is 0 Å². The number of aliphatic carboxylic acids is 2. The van der Waals surface area contributed by atoms with Crippen molar-refractivity contribution in [2.75, 3.05) is 0 Å². The van der Waals surface area contributed by atoms with Crippen LogP contribution in [0.1, 0.15) is 52.5 Å². The molecule has 5 amide bonds. The molecule has 252 valence electrons. The van der Waals surface area contributed by atoms with Crippen molar-refractivity contribution < 1.29 is 43.8 Å². The highest BCUT2D eigenvalue weighted by Gasteiger charge is 2.34. The summed E-state index contributed by atoms with van der Waals surface area (Å²) in [6.45, 7) is 6.72. The summed E-state index contributed by atoms with van der Waals surface area (Å²) in [5.74, 6) is -8.43. The number of nitrogens with one attached hydrogen (secondary N) is 5. The van der Waals surface area contributed by atoms with Gasteiger partial charge >= 0.3 is 11.9 Å². The van der Waals surface area contributed by atoms with E-state index in [1.54, 1.807) is 46.0 Å². The fraction of sp³-hybridized carbons (Fsp3) is 0.500. The third-order valence-electron chi connectivity index (χ3n) is 7.58. The molecule has 0 bridgehead atoms. The zero-order valence-corrected chi connectivity index (χ0v) is 26.2. The molecule has 16 nitrogen and oxygen atoms in total. The van der Waals surface area contributed by atoms with Gasteiger partial charge in [-0.05, 0) is 23.5 Å².